The fraction of sp³-hybridized carbons (Fsp3) is 0.500. The smallest absolute Gasteiger partial charge is 0.312 e. The molecule has 0 fully saturated rings. The maximum atomic E-state index is 11.7. The van der Waals surface area contributed by atoms with Gasteiger partial charge < -0.3 is 15.2 Å². The molecule has 1 aliphatic heterocycles. The van der Waals surface area contributed by atoms with Crippen LogP contribution in [0.25, 0.3) is 0 Å². The summed E-state index contributed by atoms with van der Waals surface area (Å²) < 4.78 is 5.39. The summed E-state index contributed by atoms with van der Waals surface area (Å²) in [6.45, 7) is 7.66. The van der Waals surface area contributed by atoms with Gasteiger partial charge in [0.1, 0.15) is 5.75 Å². The van der Waals surface area contributed by atoms with E-state index in [4.69, 9.17) is 4.74 Å². The van der Waals surface area contributed by atoms with Gasteiger partial charge in [-0.15, -0.1) is 0 Å². The number of benzene rings is 1. The molecule has 0 saturated heterocycles. The van der Waals surface area contributed by atoms with Crippen LogP contribution >= 0.6 is 0 Å². The number of anilines is 1. The van der Waals surface area contributed by atoms with Crippen molar-refractivity contribution in [3.05, 3.63) is 16.7 Å². The van der Waals surface area contributed by atoms with Gasteiger partial charge in [0.25, 0.3) is 0 Å². The van der Waals surface area contributed by atoms with Crippen LogP contribution in [0.3, 0.4) is 0 Å². The Bertz CT molecular complexity index is 533. The first kappa shape index (κ1) is 12.7. The van der Waals surface area contributed by atoms with Crippen LogP contribution in [0.2, 0.25) is 0 Å². The number of phenolic OH excluding ortho intramolecular Hbond substituents is 1. The number of ether oxygens (including phenoxy) is 1. The van der Waals surface area contributed by atoms with E-state index in [2.05, 4.69) is 5.32 Å². The minimum absolute atomic E-state index is 0.228. The van der Waals surface area contributed by atoms with Gasteiger partial charge in [-0.2, -0.15) is 0 Å². The quantitative estimate of drug-likeness (QED) is 0.593. The Labute approximate surface area is 107 Å². The first-order valence-corrected chi connectivity index (χ1v) is 6.04. The monoisotopic (exact) mass is 249 g/mol. The summed E-state index contributed by atoms with van der Waals surface area (Å²) >= 11 is 0. The third-order valence-corrected chi connectivity index (χ3v) is 3.64. The molecule has 2 N–H and O–H groups in total. The van der Waals surface area contributed by atoms with Crippen molar-refractivity contribution < 1.29 is 14.6 Å². The molecule has 0 aromatic heterocycles. The van der Waals surface area contributed by atoms with Crippen LogP contribution in [0.4, 0.5) is 5.69 Å². The zero-order chi connectivity index (χ0) is 13.7. The molecule has 0 atom stereocenters. The van der Waals surface area contributed by atoms with Gasteiger partial charge in [-0.05, 0) is 19.4 Å². The lowest BCUT2D eigenvalue weighted by Crippen LogP contribution is -2.32. The van der Waals surface area contributed by atoms with Crippen molar-refractivity contribution in [2.45, 2.75) is 39.5 Å². The SMILES string of the molecule is CNc1c(C)c(O)c(C)c2c1OC(=O)CC2(C)C. The molecule has 0 aliphatic carbocycles. The highest BCUT2D eigenvalue weighted by Gasteiger charge is 2.38. The van der Waals surface area contributed by atoms with Gasteiger partial charge in [0.15, 0.2) is 5.75 Å². The van der Waals surface area contributed by atoms with Crippen molar-refractivity contribution in [1.29, 1.82) is 0 Å². The topological polar surface area (TPSA) is 58.6 Å². The molecule has 4 heteroatoms. The summed E-state index contributed by atoms with van der Waals surface area (Å²) in [5.74, 6) is 0.601. The second-order valence-electron chi connectivity index (χ2n) is 5.46. The van der Waals surface area contributed by atoms with Gasteiger partial charge in [0.05, 0.1) is 12.1 Å². The molecule has 0 amide bonds. The van der Waals surface area contributed by atoms with Crippen LogP contribution in [0.15, 0.2) is 0 Å². The van der Waals surface area contributed by atoms with Gasteiger partial charge in [-0.25, -0.2) is 0 Å². The van der Waals surface area contributed by atoms with Crippen LogP contribution in [-0.4, -0.2) is 18.1 Å². The predicted octanol–water partition coefficient (Wildman–Crippen LogP) is 2.64. The molecular weight excluding hydrogens is 230 g/mol. The van der Waals surface area contributed by atoms with Crippen LogP contribution in [-0.2, 0) is 10.2 Å². The second kappa shape index (κ2) is 3.90. The lowest BCUT2D eigenvalue weighted by molar-refractivity contribution is -0.136. The average Bonchev–Trinajstić information content (AvgIpc) is 2.24. The van der Waals surface area contributed by atoms with Gasteiger partial charge in [-0.3, -0.25) is 4.79 Å². The molecule has 0 bridgehead atoms. The largest absolute Gasteiger partial charge is 0.507 e. The van der Waals surface area contributed by atoms with Crippen molar-refractivity contribution >= 4 is 11.7 Å². The number of carbonyl (C=O) groups excluding carboxylic acids is 1. The minimum atomic E-state index is -0.328. The molecule has 1 aromatic rings. The van der Waals surface area contributed by atoms with Crippen molar-refractivity contribution in [1.82, 2.24) is 0 Å². The Morgan fingerprint density at radius 1 is 1.28 bits per heavy atom. The highest BCUT2D eigenvalue weighted by atomic mass is 16.5. The molecule has 1 heterocycles. The van der Waals surface area contributed by atoms with Gasteiger partial charge in [-0.1, -0.05) is 13.8 Å². The average molecular weight is 249 g/mol. The predicted molar refractivity (Wildman–Crippen MR) is 70.4 cm³/mol. The van der Waals surface area contributed by atoms with Crippen molar-refractivity contribution in [3.63, 3.8) is 0 Å². The summed E-state index contributed by atoms with van der Waals surface area (Å²) in [5.41, 5.74) is 2.77. The molecule has 0 spiro atoms. The van der Waals surface area contributed by atoms with Gasteiger partial charge in [0, 0.05) is 23.6 Å². The highest BCUT2D eigenvalue weighted by Crippen LogP contribution is 2.49. The molecule has 0 unspecified atom stereocenters. The molecule has 1 aromatic carbocycles. The Hall–Kier alpha value is -1.71. The van der Waals surface area contributed by atoms with E-state index in [-0.39, 0.29) is 17.1 Å². The summed E-state index contributed by atoms with van der Waals surface area (Å²) in [4.78, 5) is 11.7. The van der Waals surface area contributed by atoms with Crippen LogP contribution in [0.5, 0.6) is 11.5 Å². The first-order valence-electron chi connectivity index (χ1n) is 6.04. The van der Waals surface area contributed by atoms with Crippen LogP contribution in [0, 0.1) is 13.8 Å². The van der Waals surface area contributed by atoms with Crippen molar-refractivity contribution in [3.8, 4) is 11.5 Å². The second-order valence-corrected chi connectivity index (χ2v) is 5.46. The number of nitrogens with one attached hydrogen (secondary N) is 1. The van der Waals surface area contributed by atoms with E-state index < -0.39 is 0 Å². The number of fused-ring (bicyclic) bond motifs is 1. The lowest BCUT2D eigenvalue weighted by Gasteiger charge is -2.34. The molecule has 2 rings (SSSR count). The van der Waals surface area contributed by atoms with E-state index in [0.717, 1.165) is 11.1 Å². The van der Waals surface area contributed by atoms with Gasteiger partial charge in [0.2, 0.25) is 0 Å². The normalized spacial score (nSPS) is 17.1. The molecule has 4 nitrogen and oxygen atoms in total. The number of phenols is 1. The maximum Gasteiger partial charge on any atom is 0.312 e. The van der Waals surface area contributed by atoms with Crippen molar-refractivity contribution in [2.24, 2.45) is 0 Å². The van der Waals surface area contributed by atoms with Gasteiger partial charge >= 0.3 is 5.97 Å². The fourth-order valence-electron chi connectivity index (χ4n) is 2.80. The minimum Gasteiger partial charge on any atom is -0.507 e. The third-order valence-electron chi connectivity index (χ3n) is 3.64. The number of hydrogen-bond acceptors (Lipinski definition) is 4. The number of carbonyl (C=O) groups is 1. The lowest BCUT2D eigenvalue weighted by atomic mass is 9.76. The molecule has 1 aliphatic rings. The summed E-state index contributed by atoms with van der Waals surface area (Å²) in [6.07, 6.45) is 0.326. The third kappa shape index (κ3) is 1.64. The molecule has 18 heavy (non-hydrogen) atoms. The van der Waals surface area contributed by atoms with E-state index in [0.29, 0.717) is 23.4 Å². The number of esters is 1. The Balaban J connectivity index is 2.85. The zero-order valence-corrected chi connectivity index (χ0v) is 11.5. The van der Waals surface area contributed by atoms with Crippen LogP contribution in [0.1, 0.15) is 37.0 Å². The number of rotatable bonds is 1. The van der Waals surface area contributed by atoms with E-state index in [1.54, 1.807) is 7.05 Å². The summed E-state index contributed by atoms with van der Waals surface area (Å²) in [6, 6.07) is 0. The van der Waals surface area contributed by atoms with E-state index in [1.807, 2.05) is 27.7 Å². The fourth-order valence-corrected chi connectivity index (χ4v) is 2.80. The highest BCUT2D eigenvalue weighted by molar-refractivity contribution is 5.84. The van der Waals surface area contributed by atoms with Crippen LogP contribution < -0.4 is 10.1 Å². The Morgan fingerprint density at radius 2 is 1.89 bits per heavy atom. The molecular formula is C14H19NO3. The van der Waals surface area contributed by atoms with E-state index in [9.17, 15) is 9.90 Å². The standard InChI is InChI=1S/C14H19NO3/c1-7-10-13(11(15-5)8(2)12(7)17)18-9(16)6-14(10,3)4/h15,17H,6H2,1-5H3. The Morgan fingerprint density at radius 3 is 2.44 bits per heavy atom. The molecule has 0 saturated carbocycles. The summed E-state index contributed by atoms with van der Waals surface area (Å²) in [5, 5.41) is 13.2. The van der Waals surface area contributed by atoms with Crippen molar-refractivity contribution in [2.75, 3.05) is 12.4 Å². The Kier molecular flexibility index (Phi) is 2.76. The molecule has 0 radical (unpaired) electrons. The zero-order valence-electron chi connectivity index (χ0n) is 11.5. The van der Waals surface area contributed by atoms with E-state index >= 15 is 0 Å². The maximum absolute atomic E-state index is 11.7. The first-order chi connectivity index (χ1) is 8.29. The van der Waals surface area contributed by atoms with E-state index in [1.165, 1.54) is 0 Å². The number of aromatic hydroxyl groups is 1. The molecule has 98 valence electrons. The number of hydrogen-bond donors (Lipinski definition) is 2. The summed E-state index contributed by atoms with van der Waals surface area (Å²) in [7, 11) is 1.76.